The molecule has 4 heteroatoms. The van der Waals surface area contributed by atoms with Crippen molar-refractivity contribution in [1.29, 1.82) is 0 Å². The second-order valence-electron chi connectivity index (χ2n) is 15.2. The topological polar surface area (TPSA) is 29.5 Å². The van der Waals surface area contributed by atoms with Gasteiger partial charge in [0.1, 0.15) is 11.2 Å². The minimum atomic E-state index is -1.60. The zero-order valence-electron chi connectivity index (χ0n) is 29.4. The van der Waals surface area contributed by atoms with Gasteiger partial charge < -0.3 is 8.39 Å². The van der Waals surface area contributed by atoms with Crippen LogP contribution in [0.2, 0.25) is 0 Å². The average molecular weight is 652 g/mol. The summed E-state index contributed by atoms with van der Waals surface area (Å²) in [7, 11) is -1.60. The Morgan fingerprint density at radius 2 is 0.854 bits per heavy atom. The summed E-state index contributed by atoms with van der Waals surface area (Å²) in [6.07, 6.45) is 0. The van der Waals surface area contributed by atoms with Crippen molar-refractivity contribution in [3.05, 3.63) is 144 Å². The van der Waals surface area contributed by atoms with Crippen molar-refractivity contribution < 1.29 is 8.39 Å². The van der Waals surface area contributed by atoms with E-state index in [0.717, 1.165) is 32.7 Å². The number of benzene rings is 6. The SMILES string of the molecule is C[C@H](c1ccc(C(C)(C)C)cc1)N([C@H](C)c1ccc(C(C)(C)C)cc1)p1oc2ccc3ccccc3c2c2c(ccc3ccccc32)o1. The minimum Gasteiger partial charge on any atom is -0.408 e. The van der Waals surface area contributed by atoms with Gasteiger partial charge in [0, 0.05) is 22.9 Å². The lowest BCUT2D eigenvalue weighted by molar-refractivity contribution is 0.555. The van der Waals surface area contributed by atoms with Crippen LogP contribution in [0, 0.1) is 0 Å². The first kappa shape index (κ1) is 32.3. The highest BCUT2D eigenvalue weighted by atomic mass is 31.1. The summed E-state index contributed by atoms with van der Waals surface area (Å²) in [6.45, 7) is 18.2. The normalized spacial score (nSPS) is 13.9. The molecule has 0 N–H and O–H groups in total. The largest absolute Gasteiger partial charge is 0.408 e. The number of nitrogens with zero attached hydrogens (tertiary/aromatic N) is 1. The Morgan fingerprint density at radius 3 is 1.23 bits per heavy atom. The Balaban J connectivity index is 1.51. The van der Waals surface area contributed by atoms with E-state index in [2.05, 4.69) is 181 Å². The van der Waals surface area contributed by atoms with Crippen molar-refractivity contribution in [3.63, 3.8) is 0 Å². The van der Waals surface area contributed by atoms with Crippen molar-refractivity contribution in [1.82, 2.24) is 0 Å². The van der Waals surface area contributed by atoms with E-state index >= 15 is 0 Å². The Bertz CT molecular complexity index is 2130. The molecule has 0 saturated carbocycles. The van der Waals surface area contributed by atoms with Gasteiger partial charge in [0.15, 0.2) is 0 Å². The molecule has 0 saturated heterocycles. The van der Waals surface area contributed by atoms with Crippen molar-refractivity contribution in [2.75, 3.05) is 4.67 Å². The standard InChI is InChI=1S/C44H46NO2P/c1-29(31-17-23-35(24-18-31)43(3,4)5)45(30(2)32-19-25-36(26-20-32)44(6,7)8)48-46-39-27-21-33-13-9-11-15-37(33)41(39)42-38-16-12-10-14-34(38)22-28-40(42)47-48/h9-30H,1-8H3/t29-,30-/m1/s1. The lowest BCUT2D eigenvalue weighted by Crippen LogP contribution is -2.27. The van der Waals surface area contributed by atoms with Gasteiger partial charge in [0.25, 0.3) is 0 Å². The molecule has 6 aromatic carbocycles. The van der Waals surface area contributed by atoms with Crippen LogP contribution < -0.4 is 4.67 Å². The molecule has 0 aliphatic rings. The molecule has 0 aliphatic heterocycles. The summed E-state index contributed by atoms with van der Waals surface area (Å²) >= 11 is 0. The zero-order chi connectivity index (χ0) is 33.8. The fourth-order valence-corrected chi connectivity index (χ4v) is 8.60. The van der Waals surface area contributed by atoms with E-state index in [4.69, 9.17) is 8.39 Å². The van der Waals surface area contributed by atoms with Crippen molar-refractivity contribution in [3.8, 4) is 0 Å². The molecule has 1 aromatic heterocycles. The summed E-state index contributed by atoms with van der Waals surface area (Å²) in [5.41, 5.74) is 6.99. The quantitative estimate of drug-likeness (QED) is 0.185. The second kappa shape index (κ2) is 12.3. The first-order valence-corrected chi connectivity index (χ1v) is 18.2. The fourth-order valence-electron chi connectivity index (χ4n) is 6.90. The number of fused-ring (bicyclic) bond motifs is 7. The highest BCUT2D eigenvalue weighted by Crippen LogP contribution is 2.48. The first-order chi connectivity index (χ1) is 22.9. The van der Waals surface area contributed by atoms with Crippen molar-refractivity contribution in [2.45, 2.75) is 78.3 Å². The maximum absolute atomic E-state index is 7.17. The van der Waals surface area contributed by atoms with Gasteiger partial charge in [-0.25, -0.2) is 0 Å². The first-order valence-electron chi connectivity index (χ1n) is 17.1. The van der Waals surface area contributed by atoms with Crippen LogP contribution in [0.3, 0.4) is 0 Å². The summed E-state index contributed by atoms with van der Waals surface area (Å²) in [5, 5.41) is 6.87. The van der Waals surface area contributed by atoms with E-state index in [1.54, 1.807) is 0 Å². The van der Waals surface area contributed by atoms with Gasteiger partial charge in [-0.15, -0.1) is 0 Å². The lowest BCUT2D eigenvalue weighted by Gasteiger charge is -2.32. The summed E-state index contributed by atoms with van der Waals surface area (Å²) in [5.74, 6) is 0. The predicted octanol–water partition coefficient (Wildman–Crippen LogP) is 13.7. The van der Waals surface area contributed by atoms with E-state index in [9.17, 15) is 0 Å². The van der Waals surface area contributed by atoms with Gasteiger partial charge in [-0.3, -0.25) is 0 Å². The highest BCUT2D eigenvalue weighted by molar-refractivity contribution is 7.39. The van der Waals surface area contributed by atoms with Crippen LogP contribution >= 0.6 is 8.16 Å². The molecule has 2 atom stereocenters. The lowest BCUT2D eigenvalue weighted by atomic mass is 9.86. The third-order valence-electron chi connectivity index (χ3n) is 9.88. The molecule has 0 fully saturated rings. The molecule has 1 heterocycles. The van der Waals surface area contributed by atoms with Crippen LogP contribution in [0.25, 0.3) is 43.5 Å². The monoisotopic (exact) mass is 651 g/mol. The van der Waals surface area contributed by atoms with Crippen molar-refractivity contribution >= 4 is 51.6 Å². The van der Waals surface area contributed by atoms with Gasteiger partial charge in [-0.05, 0) is 80.6 Å². The molecule has 0 amide bonds. The Morgan fingerprint density at radius 1 is 0.479 bits per heavy atom. The molecule has 48 heavy (non-hydrogen) atoms. The maximum Gasteiger partial charge on any atom is 0.310 e. The van der Waals surface area contributed by atoms with Gasteiger partial charge in [0.2, 0.25) is 0 Å². The Labute approximate surface area is 285 Å². The molecule has 0 aliphatic carbocycles. The molecule has 3 nitrogen and oxygen atoms in total. The minimum absolute atomic E-state index is 0.00772. The van der Waals surface area contributed by atoms with Crippen LogP contribution in [0.4, 0.5) is 0 Å². The second-order valence-corrected chi connectivity index (χ2v) is 16.5. The van der Waals surface area contributed by atoms with Gasteiger partial charge in [-0.1, -0.05) is 151 Å². The van der Waals surface area contributed by atoms with Crippen LogP contribution in [0.1, 0.15) is 89.7 Å². The average Bonchev–Trinajstić information content (AvgIpc) is 3.25. The highest BCUT2D eigenvalue weighted by Gasteiger charge is 2.30. The van der Waals surface area contributed by atoms with E-state index in [1.165, 1.54) is 33.0 Å². The molecular weight excluding hydrogens is 605 g/mol. The summed E-state index contributed by atoms with van der Waals surface area (Å²) in [4.78, 5) is 0. The van der Waals surface area contributed by atoms with E-state index < -0.39 is 8.16 Å². The summed E-state index contributed by atoms with van der Waals surface area (Å²) < 4.78 is 16.8. The summed E-state index contributed by atoms with van der Waals surface area (Å²) in [6, 6.07) is 44.0. The smallest absolute Gasteiger partial charge is 0.310 e. The van der Waals surface area contributed by atoms with E-state index in [0.29, 0.717) is 0 Å². The van der Waals surface area contributed by atoms with Crippen LogP contribution in [-0.4, -0.2) is 0 Å². The molecule has 244 valence electrons. The van der Waals surface area contributed by atoms with Gasteiger partial charge in [-0.2, -0.15) is 4.67 Å². The Kier molecular flexibility index (Phi) is 8.26. The molecule has 0 radical (unpaired) electrons. The molecule has 0 bridgehead atoms. The molecular formula is C44H46NO2P. The van der Waals surface area contributed by atoms with Gasteiger partial charge >= 0.3 is 8.16 Å². The predicted molar refractivity (Wildman–Crippen MR) is 207 cm³/mol. The van der Waals surface area contributed by atoms with Crippen LogP contribution in [0.5, 0.6) is 0 Å². The molecule has 0 unspecified atom stereocenters. The van der Waals surface area contributed by atoms with E-state index in [1.807, 2.05) is 0 Å². The third-order valence-corrected chi connectivity index (χ3v) is 11.7. The van der Waals surface area contributed by atoms with Crippen LogP contribution in [-0.2, 0) is 10.8 Å². The van der Waals surface area contributed by atoms with Gasteiger partial charge in [0.05, 0.1) is 0 Å². The number of hydrogen-bond acceptors (Lipinski definition) is 3. The molecule has 7 rings (SSSR count). The maximum atomic E-state index is 7.17. The van der Waals surface area contributed by atoms with Crippen LogP contribution in [0.15, 0.2) is 130 Å². The number of rotatable bonds is 5. The van der Waals surface area contributed by atoms with Crippen molar-refractivity contribution in [2.24, 2.45) is 0 Å². The molecule has 7 aromatic rings. The van der Waals surface area contributed by atoms with E-state index in [-0.39, 0.29) is 22.9 Å². The third kappa shape index (κ3) is 5.96. The zero-order valence-corrected chi connectivity index (χ0v) is 30.3. The molecule has 0 spiro atoms. The fraction of sp³-hybridized carbons (Fsp3) is 0.273. The Hall–Kier alpha value is -4.30. The number of hydrogen-bond donors (Lipinski definition) is 0.